The molecule has 0 aliphatic heterocycles. The smallest absolute Gasteiger partial charge is 1.00 e. The first kappa shape index (κ1) is 22.5. The standard InChI is InChI=1S/Ba.Ca.H4O4Si.H3P.4H/c;;1-5(2,3)4;;;;;/h;;1-4H;1H3;;;;/q2*+2;;;4*-1. The Kier molecular flexibility index (Phi) is 29.0. The van der Waals surface area contributed by atoms with Crippen LogP contribution in [0, 0.1) is 0 Å². The van der Waals surface area contributed by atoms with Crippen LogP contribution in [-0.4, -0.2) is 115 Å². The van der Waals surface area contributed by atoms with Gasteiger partial charge in [0.15, 0.2) is 0 Å². The van der Waals surface area contributed by atoms with Crippen LogP contribution in [0.25, 0.3) is 0 Å². The van der Waals surface area contributed by atoms with Crippen molar-refractivity contribution in [3.63, 3.8) is 0 Å². The molecule has 0 aromatic heterocycles. The molecule has 8 heavy (non-hydrogen) atoms. The van der Waals surface area contributed by atoms with Gasteiger partial charge < -0.3 is 24.9 Å². The van der Waals surface area contributed by atoms with Crippen LogP contribution in [0.5, 0.6) is 0 Å². The summed E-state index contributed by atoms with van der Waals surface area (Å²) in [6.07, 6.45) is 0. The molecule has 4 nitrogen and oxygen atoms in total. The van der Waals surface area contributed by atoms with Crippen LogP contribution in [0.4, 0.5) is 0 Å². The van der Waals surface area contributed by atoms with E-state index in [1.54, 1.807) is 0 Å². The van der Waals surface area contributed by atoms with Gasteiger partial charge in [0.25, 0.3) is 0 Å². The van der Waals surface area contributed by atoms with E-state index in [1.807, 2.05) is 0 Å². The van der Waals surface area contributed by atoms with Gasteiger partial charge in [0, 0.05) is 0 Å². The molecule has 1 unspecified atom stereocenters. The number of hydrogen-bond donors (Lipinski definition) is 4. The summed E-state index contributed by atoms with van der Waals surface area (Å²) in [5.74, 6) is 0. The summed E-state index contributed by atoms with van der Waals surface area (Å²) in [6.45, 7) is 0. The summed E-state index contributed by atoms with van der Waals surface area (Å²) in [6, 6.07) is 0. The van der Waals surface area contributed by atoms with E-state index in [4.69, 9.17) is 19.2 Å². The van der Waals surface area contributed by atoms with Crippen molar-refractivity contribution >= 4 is 106 Å². The Bertz CT molecular complexity index is 42.5. The molecule has 0 heterocycles. The summed E-state index contributed by atoms with van der Waals surface area (Å²) < 4.78 is 0. The molecule has 0 aromatic carbocycles. The third kappa shape index (κ3) is 58.6. The van der Waals surface area contributed by atoms with Gasteiger partial charge in [-0.15, -0.1) is 0 Å². The van der Waals surface area contributed by atoms with Gasteiger partial charge in [0.2, 0.25) is 0 Å². The zero-order valence-electron chi connectivity index (χ0n) is 8.41. The fraction of sp³-hybridized carbons (Fsp3) is 0. The Balaban J connectivity index is -0.00000000381. The van der Waals surface area contributed by atoms with Gasteiger partial charge in [-0.1, -0.05) is 0 Å². The maximum Gasteiger partial charge on any atom is 2.00 e. The average molecular weight is 312 g/mol. The first-order valence-electron chi connectivity index (χ1n) is 0.894. The molecule has 0 rings (SSSR count). The van der Waals surface area contributed by atoms with Gasteiger partial charge in [-0.05, 0) is 0 Å². The van der Waals surface area contributed by atoms with Crippen LogP contribution in [0.15, 0.2) is 0 Å². The van der Waals surface area contributed by atoms with Crippen LogP contribution in [-0.2, 0) is 0 Å². The van der Waals surface area contributed by atoms with Gasteiger partial charge in [0.1, 0.15) is 0 Å². The Morgan fingerprint density at radius 2 is 1.00 bits per heavy atom. The van der Waals surface area contributed by atoms with Crippen molar-refractivity contribution < 1.29 is 24.9 Å². The minimum Gasteiger partial charge on any atom is -1.00 e. The third-order valence-electron chi connectivity index (χ3n) is 0. The molecule has 0 radical (unpaired) electrons. The van der Waals surface area contributed by atoms with Crippen molar-refractivity contribution in [2.45, 2.75) is 0 Å². The van der Waals surface area contributed by atoms with E-state index in [0.717, 1.165) is 0 Å². The van der Waals surface area contributed by atoms with E-state index >= 15 is 0 Å². The molecule has 0 saturated heterocycles. The summed E-state index contributed by atoms with van der Waals surface area (Å²) in [7, 11) is -4.61. The van der Waals surface area contributed by atoms with E-state index in [0.29, 0.717) is 0 Å². The molecular weight excluding hydrogens is 300 g/mol. The van der Waals surface area contributed by atoms with Gasteiger partial charge >= 0.3 is 95.7 Å². The Morgan fingerprint density at radius 1 is 1.00 bits per heavy atom. The fourth-order valence-electron chi connectivity index (χ4n) is 0. The molecule has 4 N–H and O–H groups in total. The van der Waals surface area contributed by atoms with E-state index in [1.165, 1.54) is 0 Å². The van der Waals surface area contributed by atoms with Crippen molar-refractivity contribution in [2.24, 2.45) is 0 Å². The molecule has 0 aliphatic carbocycles. The van der Waals surface area contributed by atoms with E-state index < -0.39 is 9.05 Å². The van der Waals surface area contributed by atoms with Gasteiger partial charge in [0.05, 0.1) is 0 Å². The first-order valence-corrected chi connectivity index (χ1v) is 2.68. The van der Waals surface area contributed by atoms with Crippen molar-refractivity contribution in [3.8, 4) is 0 Å². The van der Waals surface area contributed by atoms with Crippen molar-refractivity contribution in [2.75, 3.05) is 0 Å². The van der Waals surface area contributed by atoms with Crippen LogP contribution in [0.1, 0.15) is 5.71 Å². The minimum atomic E-state index is -4.61. The Morgan fingerprint density at radius 3 is 1.00 bits per heavy atom. The second kappa shape index (κ2) is 10.3. The summed E-state index contributed by atoms with van der Waals surface area (Å²) in [5, 5.41) is 0. The van der Waals surface area contributed by atoms with Crippen LogP contribution < -0.4 is 0 Å². The zero-order chi connectivity index (χ0) is 4.50. The molecule has 48 valence electrons. The molecule has 0 spiro atoms. The van der Waals surface area contributed by atoms with Crippen LogP contribution >= 0.6 is 9.90 Å². The van der Waals surface area contributed by atoms with Crippen molar-refractivity contribution in [3.05, 3.63) is 0 Å². The number of hydrogen-bond acceptors (Lipinski definition) is 4. The second-order valence-electron chi connectivity index (χ2n) is 0.600. The largest absolute Gasteiger partial charge is 2.00 e. The maximum atomic E-state index is 7.33. The topological polar surface area (TPSA) is 80.9 Å². The van der Waals surface area contributed by atoms with Gasteiger partial charge in [-0.25, -0.2) is 0 Å². The Labute approximate surface area is 128 Å². The van der Waals surface area contributed by atoms with Gasteiger partial charge in [-0.3, -0.25) is 0 Å². The van der Waals surface area contributed by atoms with Gasteiger partial charge in [-0.2, -0.15) is 9.90 Å². The van der Waals surface area contributed by atoms with Crippen molar-refractivity contribution in [1.82, 2.24) is 0 Å². The van der Waals surface area contributed by atoms with E-state index in [2.05, 4.69) is 0 Å². The normalized spacial score (nSPS) is 7.50. The molecule has 0 aliphatic rings. The van der Waals surface area contributed by atoms with Crippen LogP contribution in [0.3, 0.4) is 0 Å². The predicted octanol–water partition coefficient (Wildman–Crippen LogP) is -2.86. The summed E-state index contributed by atoms with van der Waals surface area (Å²) in [4.78, 5) is 29.3. The Hall–Kier alpha value is 3.32. The fourth-order valence-corrected chi connectivity index (χ4v) is 0. The molecular formula is H11BaCaO4PSi. The minimum absolute atomic E-state index is 0. The molecule has 0 saturated carbocycles. The zero-order valence-corrected chi connectivity index (χ0v) is 13.5. The monoisotopic (exact) mass is 312 g/mol. The first-order chi connectivity index (χ1) is 2.00. The van der Waals surface area contributed by atoms with E-state index in [-0.39, 0.29) is 102 Å². The van der Waals surface area contributed by atoms with E-state index in [9.17, 15) is 0 Å². The predicted molar refractivity (Wildman–Crippen MR) is 41.7 cm³/mol. The second-order valence-corrected chi connectivity index (χ2v) is 1.80. The molecule has 0 aromatic rings. The molecule has 8 heteroatoms. The summed E-state index contributed by atoms with van der Waals surface area (Å²) in [5.41, 5.74) is 0. The molecule has 0 fully saturated rings. The molecule has 1 atom stereocenters. The SMILES string of the molecule is O[Si](O)(O)O.P.[Ba+2].[Ca+2].[H-].[H-].[H-].[H-]. The van der Waals surface area contributed by atoms with Crippen molar-refractivity contribution in [1.29, 1.82) is 0 Å². The van der Waals surface area contributed by atoms with Crippen LogP contribution in [0.2, 0.25) is 0 Å². The third-order valence-corrected chi connectivity index (χ3v) is 0. The molecule has 0 bridgehead atoms. The number of rotatable bonds is 0. The summed E-state index contributed by atoms with van der Waals surface area (Å²) >= 11 is 0. The quantitative estimate of drug-likeness (QED) is 0.287. The average Bonchev–Trinajstić information content (AvgIpc) is 0.722. The maximum absolute atomic E-state index is 7.33. The molecule has 0 amide bonds.